The van der Waals surface area contributed by atoms with E-state index in [-0.39, 0.29) is 16.4 Å². The summed E-state index contributed by atoms with van der Waals surface area (Å²) in [4.78, 5) is 5.12. The van der Waals surface area contributed by atoms with E-state index < -0.39 is 0 Å². The van der Waals surface area contributed by atoms with E-state index in [9.17, 15) is 4.39 Å². The lowest BCUT2D eigenvalue weighted by atomic mass is 10.3. The fourth-order valence-corrected chi connectivity index (χ4v) is 3.05. The molecule has 2 aliphatic carbocycles. The molecule has 0 radical (unpaired) electrons. The zero-order valence-corrected chi connectivity index (χ0v) is 10.3. The Balaban J connectivity index is 1.67. The molecule has 17 heavy (non-hydrogen) atoms. The number of rotatable bonds is 1. The molecule has 0 spiro atoms. The second kappa shape index (κ2) is 3.09. The van der Waals surface area contributed by atoms with Crippen molar-refractivity contribution in [1.29, 1.82) is 0 Å². The van der Waals surface area contributed by atoms with Gasteiger partial charge in [0.15, 0.2) is 5.82 Å². The monoisotopic (exact) mass is 269 g/mol. The Morgan fingerprint density at radius 3 is 2.94 bits per heavy atom. The van der Waals surface area contributed by atoms with Crippen molar-refractivity contribution in [3.05, 3.63) is 23.0 Å². The molecule has 1 aromatic carbocycles. The second-order valence-electron chi connectivity index (χ2n) is 4.74. The Bertz CT molecular complexity index is 554. The maximum atomic E-state index is 13.7. The van der Waals surface area contributed by atoms with E-state index >= 15 is 0 Å². The molecular formula is C11H9ClFN3S. The van der Waals surface area contributed by atoms with Crippen molar-refractivity contribution in [2.45, 2.75) is 23.3 Å². The van der Waals surface area contributed by atoms with Gasteiger partial charge in [-0.3, -0.25) is 4.72 Å². The largest absolute Gasteiger partial charge is 0.324 e. The average molecular weight is 270 g/mol. The van der Waals surface area contributed by atoms with E-state index in [2.05, 4.69) is 15.0 Å². The summed E-state index contributed by atoms with van der Waals surface area (Å²) in [6.07, 6.45) is 2.40. The molecule has 0 saturated heterocycles. The number of halogens is 2. The Morgan fingerprint density at radius 1 is 1.47 bits per heavy atom. The molecule has 1 heterocycles. The van der Waals surface area contributed by atoms with Crippen LogP contribution in [-0.4, -0.2) is 11.5 Å². The number of hydrogen-bond donors (Lipinski definition) is 2. The van der Waals surface area contributed by atoms with Crippen molar-refractivity contribution in [3.8, 4) is 0 Å². The number of aliphatic imine (C=N–C) groups is 1. The van der Waals surface area contributed by atoms with Crippen molar-refractivity contribution in [1.82, 2.24) is 4.72 Å². The zero-order valence-electron chi connectivity index (χ0n) is 8.76. The van der Waals surface area contributed by atoms with Gasteiger partial charge in [0.05, 0.1) is 21.1 Å². The molecular weight excluding hydrogens is 261 g/mol. The van der Waals surface area contributed by atoms with Gasteiger partial charge < -0.3 is 5.32 Å². The average Bonchev–Trinajstić information content (AvgIpc) is 3.13. The first kappa shape index (κ1) is 10.0. The molecule has 88 valence electrons. The third kappa shape index (κ3) is 1.45. The highest BCUT2D eigenvalue weighted by Crippen LogP contribution is 2.69. The second-order valence-corrected chi connectivity index (χ2v) is 5.96. The lowest BCUT2D eigenvalue weighted by Gasteiger charge is -2.21. The molecule has 2 N–H and O–H groups in total. The van der Waals surface area contributed by atoms with Crippen LogP contribution in [0, 0.1) is 11.7 Å². The van der Waals surface area contributed by atoms with Crippen molar-refractivity contribution in [2.75, 3.05) is 5.32 Å². The number of fused-ring (bicyclic) bond motifs is 2. The van der Waals surface area contributed by atoms with Crippen LogP contribution in [0.4, 0.5) is 10.1 Å². The van der Waals surface area contributed by atoms with E-state index in [0.717, 1.165) is 17.6 Å². The quantitative estimate of drug-likeness (QED) is 0.770. The van der Waals surface area contributed by atoms with Crippen molar-refractivity contribution < 1.29 is 4.39 Å². The van der Waals surface area contributed by atoms with Crippen LogP contribution >= 0.6 is 23.5 Å². The number of benzene rings is 1. The first-order valence-electron chi connectivity index (χ1n) is 5.46. The summed E-state index contributed by atoms with van der Waals surface area (Å²) in [5.41, 5.74) is 0.946. The maximum Gasteiger partial charge on any atom is 0.206 e. The molecule has 0 unspecified atom stereocenters. The third-order valence-electron chi connectivity index (χ3n) is 3.53. The molecule has 2 saturated carbocycles. The maximum absolute atomic E-state index is 13.7. The summed E-state index contributed by atoms with van der Waals surface area (Å²) in [5.74, 6) is 1.14. The number of nitrogens with zero attached hydrogens (tertiary/aromatic N) is 1. The summed E-state index contributed by atoms with van der Waals surface area (Å²) in [6.45, 7) is 0. The van der Waals surface area contributed by atoms with E-state index in [4.69, 9.17) is 11.6 Å². The standard InChI is InChI=1S/C11H9ClFN3S/c12-6-1-2-7-9(8(6)13)17-16-10(14-7)15-11-3-5(11)4-11/h1-2,5H,3-4H2,(H2,14,15,16). The fourth-order valence-electron chi connectivity index (χ4n) is 2.11. The highest BCUT2D eigenvalue weighted by Gasteiger charge is 2.70. The number of guanidine groups is 1. The molecule has 6 heteroatoms. The third-order valence-corrected chi connectivity index (χ3v) is 4.72. The first-order valence-corrected chi connectivity index (χ1v) is 6.65. The molecule has 0 amide bonds. The summed E-state index contributed by atoms with van der Waals surface area (Å²) >= 11 is 6.95. The number of anilines is 1. The minimum Gasteiger partial charge on any atom is -0.324 e. The van der Waals surface area contributed by atoms with Crippen LogP contribution in [0.1, 0.15) is 12.8 Å². The van der Waals surface area contributed by atoms with Crippen LogP contribution < -0.4 is 10.0 Å². The van der Waals surface area contributed by atoms with Gasteiger partial charge in [0.1, 0.15) is 0 Å². The molecule has 2 fully saturated rings. The molecule has 1 aromatic rings. The summed E-state index contributed by atoms with van der Waals surface area (Å²) < 4.78 is 16.7. The lowest BCUT2D eigenvalue weighted by Crippen LogP contribution is -2.30. The van der Waals surface area contributed by atoms with E-state index in [1.807, 2.05) is 0 Å². The summed E-state index contributed by atoms with van der Waals surface area (Å²) in [5, 5.41) is 3.25. The van der Waals surface area contributed by atoms with Crippen LogP contribution in [0.5, 0.6) is 0 Å². The van der Waals surface area contributed by atoms with Crippen LogP contribution in [0.25, 0.3) is 0 Å². The van der Waals surface area contributed by atoms with Crippen molar-refractivity contribution >= 4 is 35.2 Å². The van der Waals surface area contributed by atoms with Gasteiger partial charge in [0, 0.05) is 0 Å². The predicted molar refractivity (Wildman–Crippen MR) is 66.9 cm³/mol. The van der Waals surface area contributed by atoms with Crippen LogP contribution in [0.2, 0.25) is 5.02 Å². The predicted octanol–water partition coefficient (Wildman–Crippen LogP) is 3.02. The van der Waals surface area contributed by atoms with E-state index in [1.165, 1.54) is 24.8 Å². The molecule has 0 aromatic heterocycles. The molecule has 4 rings (SSSR count). The lowest BCUT2D eigenvalue weighted by molar-refractivity contribution is 0.603. The van der Waals surface area contributed by atoms with Gasteiger partial charge in [-0.2, -0.15) is 0 Å². The van der Waals surface area contributed by atoms with Crippen LogP contribution in [-0.2, 0) is 0 Å². The SMILES string of the molecule is Fc1c(Cl)ccc2c1SNC(=NC13CC1C3)N2. The van der Waals surface area contributed by atoms with Gasteiger partial charge in [-0.15, -0.1) is 0 Å². The van der Waals surface area contributed by atoms with Gasteiger partial charge >= 0.3 is 0 Å². The highest BCUT2D eigenvalue weighted by atomic mass is 35.5. The minimum atomic E-state index is -0.387. The fraction of sp³-hybridized carbons (Fsp3) is 0.364. The van der Waals surface area contributed by atoms with E-state index in [0.29, 0.717) is 4.90 Å². The van der Waals surface area contributed by atoms with Crippen molar-refractivity contribution in [3.63, 3.8) is 0 Å². The van der Waals surface area contributed by atoms with Gasteiger partial charge in [-0.25, -0.2) is 9.38 Å². The Kier molecular flexibility index (Phi) is 1.82. The smallest absolute Gasteiger partial charge is 0.206 e. The Morgan fingerprint density at radius 2 is 2.24 bits per heavy atom. The molecule has 1 aliphatic heterocycles. The van der Waals surface area contributed by atoms with Gasteiger partial charge in [0.2, 0.25) is 5.96 Å². The summed E-state index contributed by atoms with van der Waals surface area (Å²) in [6, 6.07) is 3.33. The van der Waals surface area contributed by atoms with Crippen LogP contribution in [0.15, 0.2) is 22.0 Å². The normalized spacial score (nSPS) is 34.5. The molecule has 3 nitrogen and oxygen atoms in total. The molecule has 3 aliphatic rings. The van der Waals surface area contributed by atoms with E-state index in [1.54, 1.807) is 12.1 Å². The number of nitrogens with one attached hydrogen (secondary N) is 2. The summed E-state index contributed by atoms with van der Waals surface area (Å²) in [7, 11) is 0. The topological polar surface area (TPSA) is 36.4 Å². The molecule has 0 bridgehead atoms. The molecule has 0 atom stereocenters. The van der Waals surface area contributed by atoms with Gasteiger partial charge in [0.25, 0.3) is 0 Å². The number of hydrogen-bond acceptors (Lipinski definition) is 2. The van der Waals surface area contributed by atoms with Crippen molar-refractivity contribution in [2.24, 2.45) is 10.9 Å². The zero-order chi connectivity index (χ0) is 11.6. The minimum absolute atomic E-state index is 0.142. The Labute approximate surface area is 107 Å². The van der Waals surface area contributed by atoms with Gasteiger partial charge in [-0.1, -0.05) is 11.6 Å². The van der Waals surface area contributed by atoms with Crippen LogP contribution in [0.3, 0.4) is 0 Å². The van der Waals surface area contributed by atoms with Gasteiger partial charge in [-0.05, 0) is 42.8 Å². The first-order chi connectivity index (χ1) is 8.18. The highest BCUT2D eigenvalue weighted by molar-refractivity contribution is 7.98. The Hall–Kier alpha value is -0.940.